The normalized spacial score (nSPS) is 15.3. The van der Waals surface area contributed by atoms with Crippen molar-refractivity contribution in [1.82, 2.24) is 4.90 Å². The van der Waals surface area contributed by atoms with Crippen molar-refractivity contribution in [1.29, 1.82) is 0 Å². The minimum atomic E-state index is -0.502. The molecule has 0 aliphatic carbocycles. The number of anilines is 1. The van der Waals surface area contributed by atoms with E-state index >= 15 is 0 Å². The molecule has 2 amide bonds. The van der Waals surface area contributed by atoms with Gasteiger partial charge >= 0.3 is 0 Å². The minimum Gasteiger partial charge on any atom is -0.388 e. The summed E-state index contributed by atoms with van der Waals surface area (Å²) in [6, 6.07) is 4.33. The van der Waals surface area contributed by atoms with E-state index in [2.05, 4.69) is 5.32 Å². The molecule has 106 valence electrons. The highest BCUT2D eigenvalue weighted by molar-refractivity contribution is 8.13. The Kier molecular flexibility index (Phi) is 4.23. The number of hydrogen-bond acceptors (Lipinski definition) is 6. The number of nitrogens with one attached hydrogen (secondary N) is 1. The van der Waals surface area contributed by atoms with Crippen molar-refractivity contribution in [2.45, 2.75) is 13.0 Å². The molecule has 20 heavy (non-hydrogen) atoms. The molecule has 1 aromatic rings. The van der Waals surface area contributed by atoms with Gasteiger partial charge in [-0.25, -0.2) is 0 Å². The van der Waals surface area contributed by atoms with Gasteiger partial charge in [-0.3, -0.25) is 24.6 Å². The Hall–Kier alpha value is -2.09. The van der Waals surface area contributed by atoms with Gasteiger partial charge in [-0.05, 0) is 6.07 Å². The van der Waals surface area contributed by atoms with Crippen LogP contribution in [0.5, 0.6) is 0 Å². The van der Waals surface area contributed by atoms with Gasteiger partial charge in [0.2, 0.25) is 5.91 Å². The molecule has 0 saturated carbocycles. The van der Waals surface area contributed by atoms with Gasteiger partial charge in [-0.15, -0.1) is 0 Å². The van der Waals surface area contributed by atoms with Crippen LogP contribution < -0.4 is 5.32 Å². The molecule has 1 aliphatic rings. The van der Waals surface area contributed by atoms with E-state index in [1.54, 1.807) is 13.1 Å². The van der Waals surface area contributed by atoms with Crippen LogP contribution in [0.15, 0.2) is 18.2 Å². The van der Waals surface area contributed by atoms with Gasteiger partial charge in [0.25, 0.3) is 10.9 Å². The van der Waals surface area contributed by atoms with E-state index in [-0.39, 0.29) is 23.4 Å². The largest absolute Gasteiger partial charge is 0.388 e. The second kappa shape index (κ2) is 5.91. The van der Waals surface area contributed by atoms with Crippen LogP contribution in [0, 0.1) is 10.1 Å². The molecule has 7 nitrogen and oxygen atoms in total. The molecule has 1 heterocycles. The average molecular weight is 295 g/mol. The summed E-state index contributed by atoms with van der Waals surface area (Å²) in [5, 5.41) is 13.4. The summed E-state index contributed by atoms with van der Waals surface area (Å²) in [5.41, 5.74) is 1.14. The Morgan fingerprint density at radius 1 is 1.45 bits per heavy atom. The number of nitro benzene ring substituents is 1. The number of imide groups is 1. The summed E-state index contributed by atoms with van der Waals surface area (Å²) in [4.78, 5) is 34.9. The van der Waals surface area contributed by atoms with E-state index < -0.39 is 4.92 Å². The maximum atomic E-state index is 11.8. The zero-order chi connectivity index (χ0) is 14.7. The third kappa shape index (κ3) is 2.90. The van der Waals surface area contributed by atoms with Gasteiger partial charge in [-0.1, -0.05) is 11.8 Å². The van der Waals surface area contributed by atoms with Gasteiger partial charge in [-0.2, -0.15) is 0 Å². The molecule has 0 aromatic heterocycles. The Morgan fingerprint density at radius 3 is 2.80 bits per heavy atom. The van der Waals surface area contributed by atoms with Crippen LogP contribution in [-0.4, -0.2) is 33.8 Å². The van der Waals surface area contributed by atoms with Crippen LogP contribution in [0.2, 0.25) is 0 Å². The molecule has 0 bridgehead atoms. The van der Waals surface area contributed by atoms with Gasteiger partial charge in [0.05, 0.1) is 11.5 Å². The first-order chi connectivity index (χ1) is 9.52. The smallest absolute Gasteiger partial charge is 0.288 e. The SMILES string of the molecule is CNc1ccc([N+](=O)[O-])cc1CN1C(=O)CCSC1=O. The second-order valence-corrected chi connectivity index (χ2v) is 5.24. The lowest BCUT2D eigenvalue weighted by molar-refractivity contribution is -0.384. The minimum absolute atomic E-state index is 0.0442. The van der Waals surface area contributed by atoms with E-state index in [0.717, 1.165) is 16.7 Å². The van der Waals surface area contributed by atoms with Crippen molar-refractivity contribution in [2.75, 3.05) is 18.1 Å². The van der Waals surface area contributed by atoms with Crippen molar-refractivity contribution in [3.05, 3.63) is 33.9 Å². The highest BCUT2D eigenvalue weighted by atomic mass is 32.2. The average Bonchev–Trinajstić information content (AvgIpc) is 2.42. The molecule has 0 unspecified atom stereocenters. The molecular formula is C12H13N3O4S. The molecule has 1 aliphatic heterocycles. The first kappa shape index (κ1) is 14.3. The molecule has 0 atom stereocenters. The zero-order valence-electron chi connectivity index (χ0n) is 10.8. The monoisotopic (exact) mass is 295 g/mol. The molecule has 8 heteroatoms. The molecule has 1 fully saturated rings. The van der Waals surface area contributed by atoms with Crippen molar-refractivity contribution in [3.8, 4) is 0 Å². The number of rotatable bonds is 4. The number of nitro groups is 1. The predicted molar refractivity (Wildman–Crippen MR) is 75.7 cm³/mol. The van der Waals surface area contributed by atoms with Crippen LogP contribution >= 0.6 is 11.8 Å². The Balaban J connectivity index is 2.31. The summed E-state index contributed by atoms with van der Waals surface area (Å²) in [5.74, 6) is 0.240. The fraction of sp³-hybridized carbons (Fsp3) is 0.333. The summed E-state index contributed by atoms with van der Waals surface area (Å²) in [6.45, 7) is 0.0442. The quantitative estimate of drug-likeness (QED) is 0.676. The molecule has 1 N–H and O–H groups in total. The lowest BCUT2D eigenvalue weighted by Crippen LogP contribution is -2.37. The number of nitrogens with zero attached hydrogens (tertiary/aromatic N) is 2. The lowest BCUT2D eigenvalue weighted by atomic mass is 10.1. The van der Waals surface area contributed by atoms with Crippen molar-refractivity contribution in [3.63, 3.8) is 0 Å². The number of non-ortho nitro benzene ring substituents is 1. The maximum absolute atomic E-state index is 11.8. The summed E-state index contributed by atoms with van der Waals surface area (Å²) >= 11 is 1.09. The first-order valence-electron chi connectivity index (χ1n) is 5.95. The van der Waals surface area contributed by atoms with Gasteiger partial charge in [0.15, 0.2) is 0 Å². The fourth-order valence-electron chi connectivity index (χ4n) is 1.93. The molecule has 1 aromatic carbocycles. The number of amides is 2. The molecule has 1 saturated heterocycles. The van der Waals surface area contributed by atoms with E-state index in [1.165, 1.54) is 12.1 Å². The lowest BCUT2D eigenvalue weighted by Gasteiger charge is -2.24. The highest BCUT2D eigenvalue weighted by Crippen LogP contribution is 2.26. The number of hydrogen-bond donors (Lipinski definition) is 1. The maximum Gasteiger partial charge on any atom is 0.288 e. The first-order valence-corrected chi connectivity index (χ1v) is 6.93. The Bertz CT molecular complexity index is 560. The summed E-state index contributed by atoms with van der Waals surface area (Å²) in [7, 11) is 1.68. The number of thioether (sulfide) groups is 1. The Morgan fingerprint density at radius 2 is 2.20 bits per heavy atom. The van der Waals surface area contributed by atoms with Crippen molar-refractivity contribution < 1.29 is 14.5 Å². The van der Waals surface area contributed by atoms with Gasteiger partial charge < -0.3 is 5.32 Å². The standard InChI is InChI=1S/C12H13N3O4S/c1-13-10-3-2-9(15(18)19)6-8(10)7-14-11(16)4-5-20-12(14)17/h2-3,6,13H,4-5,7H2,1H3. The second-order valence-electron chi connectivity index (χ2n) is 4.19. The van der Waals surface area contributed by atoms with Crippen LogP contribution in [0.4, 0.5) is 16.2 Å². The zero-order valence-corrected chi connectivity index (χ0v) is 11.6. The molecular weight excluding hydrogens is 282 g/mol. The summed E-state index contributed by atoms with van der Waals surface area (Å²) < 4.78 is 0. The van der Waals surface area contributed by atoms with Crippen molar-refractivity contribution in [2.24, 2.45) is 0 Å². The highest BCUT2D eigenvalue weighted by Gasteiger charge is 2.27. The van der Waals surface area contributed by atoms with E-state index in [4.69, 9.17) is 0 Å². The third-order valence-corrected chi connectivity index (χ3v) is 3.84. The summed E-state index contributed by atoms with van der Waals surface area (Å²) in [6.07, 6.45) is 0.306. The van der Waals surface area contributed by atoms with E-state index in [0.29, 0.717) is 23.4 Å². The number of carbonyl (C=O) groups is 2. The van der Waals surface area contributed by atoms with Crippen LogP contribution in [0.3, 0.4) is 0 Å². The Labute approximate surface area is 119 Å². The van der Waals surface area contributed by atoms with Gasteiger partial charge in [0.1, 0.15) is 0 Å². The number of benzene rings is 1. The van der Waals surface area contributed by atoms with Crippen LogP contribution in [-0.2, 0) is 11.3 Å². The fourth-order valence-corrected chi connectivity index (χ4v) is 2.71. The predicted octanol–water partition coefficient (Wildman–Crippen LogP) is 2.22. The van der Waals surface area contributed by atoms with Crippen molar-refractivity contribution >= 4 is 34.3 Å². The van der Waals surface area contributed by atoms with Gasteiger partial charge in [0, 0.05) is 42.6 Å². The molecule has 2 rings (SSSR count). The van der Waals surface area contributed by atoms with E-state index in [9.17, 15) is 19.7 Å². The molecule has 0 spiro atoms. The van der Waals surface area contributed by atoms with Crippen LogP contribution in [0.1, 0.15) is 12.0 Å². The van der Waals surface area contributed by atoms with Crippen LogP contribution in [0.25, 0.3) is 0 Å². The van der Waals surface area contributed by atoms with E-state index in [1.807, 2.05) is 0 Å². The number of carbonyl (C=O) groups excluding carboxylic acids is 2. The third-order valence-electron chi connectivity index (χ3n) is 2.96. The molecule has 0 radical (unpaired) electrons. The topological polar surface area (TPSA) is 92.6 Å².